The Morgan fingerprint density at radius 3 is 2.37 bits per heavy atom. The fraction of sp³-hybridized carbons (Fsp3) is 0.552. The zero-order chi connectivity index (χ0) is 25.6. The molecule has 3 rings (SSSR count). The summed E-state index contributed by atoms with van der Waals surface area (Å²) >= 11 is 0. The first-order valence-corrected chi connectivity index (χ1v) is 12.9. The Bertz CT molecular complexity index is 967. The Balaban J connectivity index is 2.06. The minimum Gasteiger partial charge on any atom is -0.466 e. The van der Waals surface area contributed by atoms with Gasteiger partial charge in [-0.05, 0) is 79.0 Å². The number of carbonyl (C=O) groups excluding carboxylic acids is 1. The molecule has 1 heterocycles. The molecule has 3 nitrogen and oxygen atoms in total. The summed E-state index contributed by atoms with van der Waals surface area (Å²) < 4.78 is 44.8. The monoisotopic (exact) mass is 489 g/mol. The third-order valence-electron chi connectivity index (χ3n) is 6.73. The Labute approximate surface area is 207 Å². The zero-order valence-electron chi connectivity index (χ0n) is 21.3. The van der Waals surface area contributed by atoms with Crippen molar-refractivity contribution in [3.63, 3.8) is 0 Å². The standard InChI is InChI=1S/C29H38F3NO2/c1-5-8-25-9-7-10-27(33-25)23-17-21(20-11-13-24(14-12-20)29(30,31)32)16-22(18-23)26(15-19(3)4)28(34)35-6-2/h11-14,16-19,25-27,33H,5-10,15H2,1-4H3. The third-order valence-corrected chi connectivity index (χ3v) is 6.73. The quantitative estimate of drug-likeness (QED) is 0.362. The van der Waals surface area contributed by atoms with Crippen LogP contribution in [0.3, 0.4) is 0 Å². The lowest BCUT2D eigenvalue weighted by Gasteiger charge is -2.32. The van der Waals surface area contributed by atoms with Crippen molar-refractivity contribution in [2.45, 2.75) is 90.4 Å². The number of benzene rings is 2. The average molecular weight is 490 g/mol. The fourth-order valence-corrected chi connectivity index (χ4v) is 5.04. The van der Waals surface area contributed by atoms with Crippen molar-refractivity contribution >= 4 is 5.97 Å². The lowest BCUT2D eigenvalue weighted by atomic mass is 9.84. The number of rotatable bonds is 9. The van der Waals surface area contributed by atoms with Gasteiger partial charge in [0.05, 0.1) is 18.1 Å². The van der Waals surface area contributed by atoms with Crippen LogP contribution in [0.2, 0.25) is 0 Å². The van der Waals surface area contributed by atoms with Gasteiger partial charge in [-0.25, -0.2) is 0 Å². The van der Waals surface area contributed by atoms with Crippen molar-refractivity contribution in [2.75, 3.05) is 6.61 Å². The van der Waals surface area contributed by atoms with Crippen LogP contribution in [0.1, 0.15) is 94.9 Å². The van der Waals surface area contributed by atoms with Gasteiger partial charge in [0.1, 0.15) is 0 Å². The Morgan fingerprint density at radius 1 is 1.06 bits per heavy atom. The minimum atomic E-state index is -4.38. The summed E-state index contributed by atoms with van der Waals surface area (Å²) in [6.07, 6.45) is 1.75. The number of nitrogens with one attached hydrogen (secondary N) is 1. The average Bonchev–Trinajstić information content (AvgIpc) is 2.82. The van der Waals surface area contributed by atoms with Crippen LogP contribution in [-0.4, -0.2) is 18.6 Å². The Kier molecular flexibility index (Phi) is 9.40. The Hall–Kier alpha value is -2.34. The molecular weight excluding hydrogens is 451 g/mol. The number of esters is 1. The Morgan fingerprint density at radius 2 is 1.77 bits per heavy atom. The van der Waals surface area contributed by atoms with Gasteiger partial charge in [0.15, 0.2) is 0 Å². The van der Waals surface area contributed by atoms with Gasteiger partial charge in [0.2, 0.25) is 0 Å². The molecule has 0 bridgehead atoms. The zero-order valence-corrected chi connectivity index (χ0v) is 21.3. The lowest BCUT2D eigenvalue weighted by Crippen LogP contribution is -2.36. The minimum absolute atomic E-state index is 0.148. The summed E-state index contributed by atoms with van der Waals surface area (Å²) in [6, 6.07) is 12.0. The highest BCUT2D eigenvalue weighted by Gasteiger charge is 2.30. The number of piperidine rings is 1. The van der Waals surface area contributed by atoms with Crippen LogP contribution in [0.25, 0.3) is 11.1 Å². The summed E-state index contributed by atoms with van der Waals surface area (Å²) in [5.74, 6) is -0.389. The van der Waals surface area contributed by atoms with Crippen LogP contribution in [0.15, 0.2) is 42.5 Å². The van der Waals surface area contributed by atoms with Crippen molar-refractivity contribution in [1.29, 1.82) is 0 Å². The predicted octanol–water partition coefficient (Wildman–Crippen LogP) is 8.05. The van der Waals surface area contributed by atoms with Crippen molar-refractivity contribution in [1.82, 2.24) is 5.32 Å². The SMILES string of the molecule is CCCC1CCCC(c2cc(-c3ccc(C(F)(F)F)cc3)cc(C(CC(C)C)C(=O)OCC)c2)N1. The van der Waals surface area contributed by atoms with Gasteiger partial charge < -0.3 is 10.1 Å². The summed E-state index contributed by atoms with van der Waals surface area (Å²) in [4.78, 5) is 12.9. The van der Waals surface area contributed by atoms with Crippen LogP contribution in [0.5, 0.6) is 0 Å². The maximum Gasteiger partial charge on any atom is 0.416 e. The predicted molar refractivity (Wildman–Crippen MR) is 134 cm³/mol. The van der Waals surface area contributed by atoms with Gasteiger partial charge in [-0.3, -0.25) is 4.79 Å². The second kappa shape index (κ2) is 12.1. The number of halogens is 3. The molecule has 0 amide bonds. The van der Waals surface area contributed by atoms with Crippen molar-refractivity contribution in [3.05, 3.63) is 59.2 Å². The van der Waals surface area contributed by atoms with Crippen LogP contribution in [0, 0.1) is 5.92 Å². The normalized spacial score (nSPS) is 19.5. The first kappa shape index (κ1) is 27.3. The van der Waals surface area contributed by atoms with Crippen LogP contribution < -0.4 is 5.32 Å². The first-order valence-electron chi connectivity index (χ1n) is 12.9. The molecule has 1 aliphatic rings. The van der Waals surface area contributed by atoms with Gasteiger partial charge in [-0.2, -0.15) is 13.2 Å². The van der Waals surface area contributed by atoms with Crippen molar-refractivity contribution in [3.8, 4) is 11.1 Å². The molecule has 0 spiro atoms. The first-order chi connectivity index (χ1) is 16.6. The maximum atomic E-state index is 13.1. The van der Waals surface area contributed by atoms with E-state index in [1.165, 1.54) is 12.1 Å². The number of alkyl halides is 3. The van der Waals surface area contributed by atoms with Crippen LogP contribution >= 0.6 is 0 Å². The molecule has 1 aliphatic heterocycles. The molecule has 2 aromatic carbocycles. The van der Waals surface area contributed by atoms with Crippen molar-refractivity contribution in [2.24, 2.45) is 5.92 Å². The number of carbonyl (C=O) groups is 1. The van der Waals surface area contributed by atoms with Gasteiger partial charge >= 0.3 is 12.1 Å². The number of hydrogen-bond acceptors (Lipinski definition) is 3. The number of ether oxygens (including phenoxy) is 1. The van der Waals surface area contributed by atoms with E-state index in [1.807, 2.05) is 6.07 Å². The summed E-state index contributed by atoms with van der Waals surface area (Å²) in [7, 11) is 0. The smallest absolute Gasteiger partial charge is 0.416 e. The molecule has 3 atom stereocenters. The van der Waals surface area contributed by atoms with Crippen LogP contribution in [-0.2, 0) is 15.7 Å². The van der Waals surface area contributed by atoms with E-state index in [4.69, 9.17) is 4.74 Å². The fourth-order valence-electron chi connectivity index (χ4n) is 5.04. The van der Waals surface area contributed by atoms with Gasteiger partial charge in [0, 0.05) is 12.1 Å². The molecule has 6 heteroatoms. The van der Waals surface area contributed by atoms with E-state index in [0.717, 1.165) is 60.9 Å². The molecule has 3 unspecified atom stereocenters. The molecular formula is C29H38F3NO2. The molecule has 0 radical (unpaired) electrons. The van der Waals surface area contributed by atoms with Gasteiger partial charge in [0.25, 0.3) is 0 Å². The van der Waals surface area contributed by atoms with E-state index in [-0.39, 0.29) is 17.9 Å². The molecule has 0 aromatic heterocycles. The van der Waals surface area contributed by atoms with E-state index in [1.54, 1.807) is 6.92 Å². The van der Waals surface area contributed by atoms with Gasteiger partial charge in [-0.15, -0.1) is 0 Å². The van der Waals surface area contributed by atoms with Gasteiger partial charge in [-0.1, -0.05) is 57.9 Å². The highest BCUT2D eigenvalue weighted by atomic mass is 19.4. The second-order valence-corrected chi connectivity index (χ2v) is 10.0. The largest absolute Gasteiger partial charge is 0.466 e. The van der Waals surface area contributed by atoms with E-state index < -0.39 is 17.7 Å². The van der Waals surface area contributed by atoms with E-state index >= 15 is 0 Å². The van der Waals surface area contributed by atoms with Crippen LogP contribution in [0.4, 0.5) is 13.2 Å². The molecule has 2 aromatic rings. The molecule has 35 heavy (non-hydrogen) atoms. The lowest BCUT2D eigenvalue weighted by molar-refractivity contribution is -0.145. The topological polar surface area (TPSA) is 38.3 Å². The molecule has 0 aliphatic carbocycles. The van der Waals surface area contributed by atoms with Crippen molar-refractivity contribution < 1.29 is 22.7 Å². The highest BCUT2D eigenvalue weighted by Crippen LogP contribution is 2.36. The summed E-state index contributed by atoms with van der Waals surface area (Å²) in [5, 5.41) is 3.77. The summed E-state index contributed by atoms with van der Waals surface area (Å²) in [5.41, 5.74) is 2.80. The molecule has 1 N–H and O–H groups in total. The molecule has 1 saturated heterocycles. The second-order valence-electron chi connectivity index (χ2n) is 10.0. The van der Waals surface area contributed by atoms with E-state index in [2.05, 4.69) is 38.2 Å². The molecule has 0 saturated carbocycles. The molecule has 192 valence electrons. The van der Waals surface area contributed by atoms with E-state index in [9.17, 15) is 18.0 Å². The number of hydrogen-bond donors (Lipinski definition) is 1. The summed E-state index contributed by atoms with van der Waals surface area (Å²) in [6.45, 7) is 8.44. The third kappa shape index (κ3) is 7.33. The highest BCUT2D eigenvalue weighted by molar-refractivity contribution is 5.79. The molecule has 1 fully saturated rings. The maximum absolute atomic E-state index is 13.1. The van der Waals surface area contributed by atoms with E-state index in [0.29, 0.717) is 24.6 Å².